The molecule has 19 heavy (non-hydrogen) atoms. The number of hydrogen-bond donors (Lipinski definition) is 2. The number of piperidine rings is 1. The Labute approximate surface area is 119 Å². The van der Waals surface area contributed by atoms with Gasteiger partial charge in [0.2, 0.25) is 5.91 Å². The summed E-state index contributed by atoms with van der Waals surface area (Å²) < 4.78 is 6.05. The van der Waals surface area contributed by atoms with Crippen LogP contribution >= 0.6 is 12.4 Å². The van der Waals surface area contributed by atoms with Crippen molar-refractivity contribution in [3.63, 3.8) is 0 Å². The van der Waals surface area contributed by atoms with E-state index in [-0.39, 0.29) is 24.4 Å². The standard InChI is InChI=1S/C14H18N2O2.ClH/c17-13-5-4-10-2-1-3-12(14(10)16-13)18-11-6-8-15-9-7-11;/h1-3,11,15H,4-9H2,(H,16,17);1H. The van der Waals surface area contributed by atoms with Gasteiger partial charge in [0.25, 0.3) is 0 Å². The first-order valence-corrected chi connectivity index (χ1v) is 6.62. The summed E-state index contributed by atoms with van der Waals surface area (Å²) >= 11 is 0. The molecular formula is C14H19ClN2O2. The molecule has 5 heteroatoms. The van der Waals surface area contributed by atoms with Crippen molar-refractivity contribution < 1.29 is 9.53 Å². The van der Waals surface area contributed by atoms with E-state index >= 15 is 0 Å². The summed E-state index contributed by atoms with van der Waals surface area (Å²) in [6, 6.07) is 6.02. The minimum absolute atomic E-state index is 0. The first-order chi connectivity index (χ1) is 8.83. The maximum Gasteiger partial charge on any atom is 0.224 e. The molecule has 0 radical (unpaired) electrons. The van der Waals surface area contributed by atoms with Crippen LogP contribution in [0, 0.1) is 0 Å². The van der Waals surface area contributed by atoms with Crippen LogP contribution in [0.2, 0.25) is 0 Å². The first-order valence-electron chi connectivity index (χ1n) is 6.62. The molecule has 1 fully saturated rings. The molecule has 0 atom stereocenters. The number of benzene rings is 1. The van der Waals surface area contributed by atoms with Crippen molar-refractivity contribution in [2.75, 3.05) is 18.4 Å². The van der Waals surface area contributed by atoms with Gasteiger partial charge in [0, 0.05) is 6.42 Å². The molecule has 2 N–H and O–H groups in total. The minimum atomic E-state index is 0. The maximum absolute atomic E-state index is 11.5. The van der Waals surface area contributed by atoms with E-state index in [4.69, 9.17) is 4.74 Å². The van der Waals surface area contributed by atoms with Crippen LogP contribution in [0.1, 0.15) is 24.8 Å². The molecule has 0 aromatic heterocycles. The van der Waals surface area contributed by atoms with Crippen LogP contribution in [0.15, 0.2) is 18.2 Å². The Kier molecular flexibility index (Phi) is 4.66. The SMILES string of the molecule is Cl.O=C1CCc2cccc(OC3CCNCC3)c2N1. The van der Waals surface area contributed by atoms with E-state index in [2.05, 4.69) is 16.7 Å². The highest BCUT2D eigenvalue weighted by Gasteiger charge is 2.21. The van der Waals surface area contributed by atoms with E-state index < -0.39 is 0 Å². The Morgan fingerprint density at radius 1 is 1.16 bits per heavy atom. The van der Waals surface area contributed by atoms with Gasteiger partial charge >= 0.3 is 0 Å². The van der Waals surface area contributed by atoms with E-state index in [9.17, 15) is 4.79 Å². The Morgan fingerprint density at radius 3 is 2.74 bits per heavy atom. The van der Waals surface area contributed by atoms with E-state index in [1.54, 1.807) is 0 Å². The Hall–Kier alpha value is -1.26. The van der Waals surface area contributed by atoms with Gasteiger partial charge in [-0.3, -0.25) is 4.79 Å². The predicted octanol–water partition coefficient (Wildman–Crippen LogP) is 2.12. The fourth-order valence-corrected chi connectivity index (χ4v) is 2.57. The third-order valence-corrected chi connectivity index (χ3v) is 3.58. The fraction of sp³-hybridized carbons (Fsp3) is 0.500. The normalized spacial score (nSPS) is 19.1. The van der Waals surface area contributed by atoms with Gasteiger partial charge in [-0.1, -0.05) is 12.1 Å². The Balaban J connectivity index is 0.00000133. The molecule has 2 aliphatic rings. The van der Waals surface area contributed by atoms with Crippen molar-refractivity contribution in [2.45, 2.75) is 31.8 Å². The van der Waals surface area contributed by atoms with Crippen molar-refractivity contribution in [2.24, 2.45) is 0 Å². The number of fused-ring (bicyclic) bond motifs is 1. The molecule has 0 bridgehead atoms. The van der Waals surface area contributed by atoms with Crippen LogP contribution in [0.25, 0.3) is 0 Å². The zero-order valence-electron chi connectivity index (χ0n) is 10.8. The summed E-state index contributed by atoms with van der Waals surface area (Å²) in [4.78, 5) is 11.5. The largest absolute Gasteiger partial charge is 0.488 e. The smallest absolute Gasteiger partial charge is 0.224 e. The van der Waals surface area contributed by atoms with E-state index in [0.717, 1.165) is 43.8 Å². The van der Waals surface area contributed by atoms with Crippen molar-refractivity contribution in [1.29, 1.82) is 0 Å². The van der Waals surface area contributed by atoms with E-state index in [0.29, 0.717) is 6.42 Å². The summed E-state index contributed by atoms with van der Waals surface area (Å²) in [6.07, 6.45) is 3.69. The van der Waals surface area contributed by atoms with Gasteiger partial charge in [-0.25, -0.2) is 0 Å². The molecule has 1 amide bonds. The third kappa shape index (κ3) is 3.19. The zero-order chi connectivity index (χ0) is 12.4. The number of nitrogens with one attached hydrogen (secondary N) is 2. The third-order valence-electron chi connectivity index (χ3n) is 3.58. The molecule has 0 aliphatic carbocycles. The maximum atomic E-state index is 11.5. The molecule has 4 nitrogen and oxygen atoms in total. The molecule has 0 saturated carbocycles. The van der Waals surface area contributed by atoms with Gasteiger partial charge in [0.05, 0.1) is 5.69 Å². The van der Waals surface area contributed by atoms with Crippen LogP contribution in [0.4, 0.5) is 5.69 Å². The lowest BCUT2D eigenvalue weighted by Gasteiger charge is -2.27. The summed E-state index contributed by atoms with van der Waals surface area (Å²) in [5, 5.41) is 6.26. The number of carbonyl (C=O) groups is 1. The van der Waals surface area contributed by atoms with E-state index in [1.165, 1.54) is 5.56 Å². The van der Waals surface area contributed by atoms with Gasteiger partial charge in [-0.05, 0) is 44.0 Å². The Bertz CT molecular complexity index is 459. The number of halogens is 1. The average molecular weight is 283 g/mol. The van der Waals surface area contributed by atoms with Gasteiger partial charge in [0.15, 0.2) is 0 Å². The molecule has 104 valence electrons. The Morgan fingerprint density at radius 2 is 1.95 bits per heavy atom. The molecule has 2 aliphatic heterocycles. The zero-order valence-corrected chi connectivity index (χ0v) is 11.6. The number of ether oxygens (including phenoxy) is 1. The molecule has 2 heterocycles. The second-order valence-corrected chi connectivity index (χ2v) is 4.91. The molecule has 0 spiro atoms. The number of rotatable bonds is 2. The van der Waals surface area contributed by atoms with Gasteiger partial charge in [-0.15, -0.1) is 12.4 Å². The van der Waals surface area contributed by atoms with Gasteiger partial charge in [0.1, 0.15) is 11.9 Å². The molecule has 3 rings (SSSR count). The van der Waals surface area contributed by atoms with Crippen molar-refractivity contribution in [3.05, 3.63) is 23.8 Å². The van der Waals surface area contributed by atoms with E-state index in [1.807, 2.05) is 12.1 Å². The monoisotopic (exact) mass is 282 g/mol. The van der Waals surface area contributed by atoms with Crippen LogP contribution in [-0.4, -0.2) is 25.1 Å². The number of carbonyl (C=O) groups excluding carboxylic acids is 1. The van der Waals surface area contributed by atoms with Crippen LogP contribution < -0.4 is 15.4 Å². The first kappa shape index (κ1) is 14.2. The number of para-hydroxylation sites is 1. The second-order valence-electron chi connectivity index (χ2n) is 4.91. The summed E-state index contributed by atoms with van der Waals surface area (Å²) in [5.41, 5.74) is 2.06. The van der Waals surface area contributed by atoms with Crippen LogP contribution in [0.5, 0.6) is 5.75 Å². The number of anilines is 1. The lowest BCUT2D eigenvalue weighted by Crippen LogP contribution is -2.34. The molecular weight excluding hydrogens is 264 g/mol. The molecule has 1 aromatic rings. The van der Waals surface area contributed by atoms with Crippen molar-refractivity contribution in [1.82, 2.24) is 5.32 Å². The fourth-order valence-electron chi connectivity index (χ4n) is 2.57. The minimum Gasteiger partial charge on any atom is -0.488 e. The quantitative estimate of drug-likeness (QED) is 0.874. The number of hydrogen-bond acceptors (Lipinski definition) is 3. The average Bonchev–Trinajstić information content (AvgIpc) is 2.41. The molecule has 0 unspecified atom stereocenters. The topological polar surface area (TPSA) is 50.4 Å². The summed E-state index contributed by atoms with van der Waals surface area (Å²) in [7, 11) is 0. The van der Waals surface area contributed by atoms with Crippen molar-refractivity contribution in [3.8, 4) is 5.75 Å². The predicted molar refractivity (Wildman–Crippen MR) is 77.2 cm³/mol. The van der Waals surface area contributed by atoms with Gasteiger partial charge < -0.3 is 15.4 Å². The summed E-state index contributed by atoms with van der Waals surface area (Å²) in [6.45, 7) is 2.01. The second kappa shape index (κ2) is 6.26. The van der Waals surface area contributed by atoms with Crippen LogP contribution in [0.3, 0.4) is 0 Å². The van der Waals surface area contributed by atoms with Gasteiger partial charge in [-0.2, -0.15) is 0 Å². The highest BCUT2D eigenvalue weighted by molar-refractivity contribution is 5.95. The lowest BCUT2D eigenvalue weighted by molar-refractivity contribution is -0.116. The summed E-state index contributed by atoms with van der Waals surface area (Å²) in [5.74, 6) is 0.913. The lowest BCUT2D eigenvalue weighted by atomic mass is 10.0. The number of amides is 1. The molecule has 1 aromatic carbocycles. The van der Waals surface area contributed by atoms with Crippen LogP contribution in [-0.2, 0) is 11.2 Å². The highest BCUT2D eigenvalue weighted by atomic mass is 35.5. The number of aryl methyl sites for hydroxylation is 1. The van der Waals surface area contributed by atoms with Crippen molar-refractivity contribution >= 4 is 24.0 Å². The highest BCUT2D eigenvalue weighted by Crippen LogP contribution is 2.33. The molecule has 1 saturated heterocycles.